The Hall–Kier alpha value is -2.10. The van der Waals surface area contributed by atoms with E-state index in [-0.39, 0.29) is 41.7 Å². The van der Waals surface area contributed by atoms with Crippen LogP contribution in [0.15, 0.2) is 41.3 Å². The van der Waals surface area contributed by atoms with Gasteiger partial charge in [0.1, 0.15) is 17.5 Å². The Morgan fingerprint density at radius 1 is 0.926 bits per heavy atom. The van der Waals surface area contributed by atoms with E-state index in [1.54, 1.807) is 0 Å². The predicted octanol–water partition coefficient (Wildman–Crippen LogP) is 2.90. The number of carbonyl (C=O) groups excluding carboxylic acids is 1. The zero-order chi connectivity index (χ0) is 19.8. The first kappa shape index (κ1) is 19.7. The van der Waals surface area contributed by atoms with E-state index >= 15 is 0 Å². The van der Waals surface area contributed by atoms with Crippen LogP contribution in [0.4, 0.5) is 13.2 Å². The Morgan fingerprint density at radius 3 is 2.19 bits per heavy atom. The fourth-order valence-electron chi connectivity index (χ4n) is 2.75. The summed E-state index contributed by atoms with van der Waals surface area (Å²) in [5, 5.41) is -0.309. The third kappa shape index (κ3) is 3.95. The van der Waals surface area contributed by atoms with Gasteiger partial charge in [-0.15, -0.1) is 0 Å². The second-order valence-electron chi connectivity index (χ2n) is 5.90. The molecule has 0 unspecified atom stereocenters. The fraction of sp³-hybridized carbons (Fsp3) is 0.235. The topological polar surface area (TPSA) is 57.7 Å². The summed E-state index contributed by atoms with van der Waals surface area (Å²) in [5.41, 5.74) is -0.280. The van der Waals surface area contributed by atoms with Crippen molar-refractivity contribution in [2.75, 3.05) is 26.2 Å². The highest BCUT2D eigenvalue weighted by Gasteiger charge is 2.31. The third-order valence-corrected chi connectivity index (χ3v) is 6.40. The van der Waals surface area contributed by atoms with Crippen LogP contribution in [0.3, 0.4) is 0 Å². The molecule has 2 aromatic rings. The first-order chi connectivity index (χ1) is 12.7. The smallest absolute Gasteiger partial charge is 0.256 e. The molecule has 144 valence electrons. The van der Waals surface area contributed by atoms with E-state index in [0.29, 0.717) is 6.07 Å². The maximum absolute atomic E-state index is 13.8. The maximum Gasteiger partial charge on any atom is 0.256 e. The number of piperazine rings is 1. The van der Waals surface area contributed by atoms with Crippen molar-refractivity contribution in [3.63, 3.8) is 0 Å². The van der Waals surface area contributed by atoms with Crippen LogP contribution in [-0.2, 0) is 10.0 Å². The molecule has 3 rings (SSSR count). The Kier molecular flexibility index (Phi) is 5.45. The van der Waals surface area contributed by atoms with Crippen LogP contribution in [0, 0.1) is 17.5 Å². The lowest BCUT2D eigenvalue weighted by molar-refractivity contribution is 0.0693. The number of carbonyl (C=O) groups is 1. The average molecular weight is 419 g/mol. The highest BCUT2D eigenvalue weighted by Crippen LogP contribution is 2.23. The number of benzene rings is 2. The number of hydrogen-bond donors (Lipinski definition) is 0. The van der Waals surface area contributed by atoms with Gasteiger partial charge in [0.2, 0.25) is 10.0 Å². The van der Waals surface area contributed by atoms with Crippen LogP contribution < -0.4 is 0 Å². The molecule has 0 aliphatic carbocycles. The summed E-state index contributed by atoms with van der Waals surface area (Å²) < 4.78 is 66.4. The highest BCUT2D eigenvalue weighted by molar-refractivity contribution is 7.89. The lowest BCUT2D eigenvalue weighted by atomic mass is 10.1. The number of nitrogens with zero attached hydrogens (tertiary/aromatic N) is 2. The molecule has 10 heteroatoms. The summed E-state index contributed by atoms with van der Waals surface area (Å²) in [6.45, 7) is 0.0192. The summed E-state index contributed by atoms with van der Waals surface area (Å²) in [5.74, 6) is -3.14. The largest absolute Gasteiger partial charge is 0.336 e. The van der Waals surface area contributed by atoms with Crippen molar-refractivity contribution in [1.29, 1.82) is 0 Å². The van der Waals surface area contributed by atoms with Crippen molar-refractivity contribution < 1.29 is 26.4 Å². The fourth-order valence-corrected chi connectivity index (χ4v) is 4.45. The number of amides is 1. The number of rotatable bonds is 3. The first-order valence-electron chi connectivity index (χ1n) is 7.89. The number of sulfonamides is 1. The van der Waals surface area contributed by atoms with Gasteiger partial charge in [0.15, 0.2) is 0 Å². The van der Waals surface area contributed by atoms with E-state index in [0.717, 1.165) is 34.6 Å². The van der Waals surface area contributed by atoms with Gasteiger partial charge in [0.05, 0.1) is 15.5 Å². The standard InChI is InChI=1S/C17H14ClF3N2O3S/c18-14-10-12(2-4-15(14)20)27(25,26)23-7-5-22(6-8-23)17(24)13-3-1-11(19)9-16(13)21/h1-4,9-10H,5-8H2. The molecule has 27 heavy (non-hydrogen) atoms. The monoisotopic (exact) mass is 418 g/mol. The lowest BCUT2D eigenvalue weighted by Crippen LogP contribution is -2.50. The molecule has 0 aromatic heterocycles. The van der Waals surface area contributed by atoms with Gasteiger partial charge in [-0.3, -0.25) is 4.79 Å². The molecule has 0 atom stereocenters. The lowest BCUT2D eigenvalue weighted by Gasteiger charge is -2.34. The van der Waals surface area contributed by atoms with E-state index in [1.165, 1.54) is 4.90 Å². The first-order valence-corrected chi connectivity index (χ1v) is 9.71. The molecule has 1 heterocycles. The Labute approximate surface area is 159 Å². The second kappa shape index (κ2) is 7.49. The van der Waals surface area contributed by atoms with Gasteiger partial charge in [0.25, 0.3) is 5.91 Å². The quantitative estimate of drug-likeness (QED) is 0.770. The van der Waals surface area contributed by atoms with Crippen molar-refractivity contribution >= 4 is 27.5 Å². The molecule has 2 aromatic carbocycles. The average Bonchev–Trinajstić information content (AvgIpc) is 2.63. The molecule has 1 saturated heterocycles. The number of halogens is 4. The van der Waals surface area contributed by atoms with Crippen molar-refractivity contribution in [3.05, 3.63) is 64.4 Å². The summed E-state index contributed by atoms with van der Waals surface area (Å²) in [4.78, 5) is 13.5. The molecule has 0 bridgehead atoms. The molecule has 1 amide bonds. The summed E-state index contributed by atoms with van der Waals surface area (Å²) in [7, 11) is -3.91. The molecule has 0 radical (unpaired) electrons. The predicted molar refractivity (Wildman–Crippen MR) is 92.4 cm³/mol. The molecule has 1 aliphatic heterocycles. The maximum atomic E-state index is 13.8. The summed E-state index contributed by atoms with van der Waals surface area (Å²) in [6, 6.07) is 5.75. The van der Waals surface area contributed by atoms with Crippen LogP contribution in [-0.4, -0.2) is 49.7 Å². The SMILES string of the molecule is O=C(c1ccc(F)cc1F)N1CCN(S(=O)(=O)c2ccc(F)c(Cl)c2)CC1. The van der Waals surface area contributed by atoms with Crippen molar-refractivity contribution in [1.82, 2.24) is 9.21 Å². The van der Waals surface area contributed by atoms with E-state index in [4.69, 9.17) is 11.6 Å². The Balaban J connectivity index is 1.72. The van der Waals surface area contributed by atoms with Gasteiger partial charge >= 0.3 is 0 Å². The van der Waals surface area contributed by atoms with Gasteiger partial charge in [-0.25, -0.2) is 21.6 Å². The van der Waals surface area contributed by atoms with E-state index < -0.39 is 33.4 Å². The third-order valence-electron chi connectivity index (χ3n) is 4.22. The summed E-state index contributed by atoms with van der Waals surface area (Å²) >= 11 is 5.64. The van der Waals surface area contributed by atoms with Gasteiger partial charge in [-0.2, -0.15) is 4.31 Å². The van der Waals surface area contributed by atoms with E-state index in [2.05, 4.69) is 0 Å². The van der Waals surface area contributed by atoms with Crippen molar-refractivity contribution in [3.8, 4) is 0 Å². The zero-order valence-electron chi connectivity index (χ0n) is 13.8. The van der Waals surface area contributed by atoms with Crippen LogP contribution in [0.5, 0.6) is 0 Å². The highest BCUT2D eigenvalue weighted by atomic mass is 35.5. The normalized spacial score (nSPS) is 15.8. The van der Waals surface area contributed by atoms with Crippen LogP contribution in [0.2, 0.25) is 5.02 Å². The molecule has 1 aliphatic rings. The van der Waals surface area contributed by atoms with Gasteiger partial charge in [0, 0.05) is 32.2 Å². The van der Waals surface area contributed by atoms with Gasteiger partial charge in [-0.1, -0.05) is 11.6 Å². The second-order valence-corrected chi connectivity index (χ2v) is 8.24. The van der Waals surface area contributed by atoms with Crippen molar-refractivity contribution in [2.24, 2.45) is 0 Å². The van der Waals surface area contributed by atoms with Gasteiger partial charge < -0.3 is 4.90 Å². The molecule has 0 spiro atoms. The molecular formula is C17H14ClF3N2O3S. The van der Waals surface area contributed by atoms with Crippen molar-refractivity contribution in [2.45, 2.75) is 4.90 Å². The van der Waals surface area contributed by atoms with E-state index in [1.807, 2.05) is 0 Å². The molecule has 0 saturated carbocycles. The minimum atomic E-state index is -3.91. The Bertz CT molecular complexity index is 993. The minimum absolute atomic E-state index is 0.0219. The van der Waals surface area contributed by atoms with Crippen LogP contribution >= 0.6 is 11.6 Å². The van der Waals surface area contributed by atoms with E-state index in [9.17, 15) is 26.4 Å². The summed E-state index contributed by atoms with van der Waals surface area (Å²) in [6.07, 6.45) is 0. The molecular weight excluding hydrogens is 405 g/mol. The zero-order valence-corrected chi connectivity index (χ0v) is 15.4. The molecule has 1 fully saturated rings. The number of hydrogen-bond acceptors (Lipinski definition) is 3. The van der Waals surface area contributed by atoms with Crippen LogP contribution in [0.25, 0.3) is 0 Å². The Morgan fingerprint density at radius 2 is 1.59 bits per heavy atom. The molecule has 0 N–H and O–H groups in total. The van der Waals surface area contributed by atoms with Crippen LogP contribution in [0.1, 0.15) is 10.4 Å². The van der Waals surface area contributed by atoms with Gasteiger partial charge in [-0.05, 0) is 30.3 Å². The molecule has 5 nitrogen and oxygen atoms in total. The minimum Gasteiger partial charge on any atom is -0.336 e.